The van der Waals surface area contributed by atoms with E-state index in [4.69, 9.17) is 4.98 Å². The average molecular weight is 443 g/mol. The van der Waals surface area contributed by atoms with Gasteiger partial charge in [0, 0.05) is 30.2 Å². The highest BCUT2D eigenvalue weighted by Gasteiger charge is 2.24. The molecule has 1 aliphatic rings. The summed E-state index contributed by atoms with van der Waals surface area (Å²) in [5.41, 5.74) is 2.42. The van der Waals surface area contributed by atoms with Crippen LogP contribution >= 0.6 is 23.1 Å². The predicted octanol–water partition coefficient (Wildman–Crippen LogP) is 3.56. The van der Waals surface area contributed by atoms with Gasteiger partial charge in [-0.3, -0.25) is 19.0 Å². The third-order valence-electron chi connectivity index (χ3n) is 5.03. The number of aromatic nitrogens is 2. The van der Waals surface area contributed by atoms with Crippen molar-refractivity contribution in [3.63, 3.8) is 0 Å². The Morgan fingerprint density at radius 1 is 1.17 bits per heavy atom. The molecule has 0 aliphatic heterocycles. The molecule has 2 aromatic heterocycles. The lowest BCUT2D eigenvalue weighted by Crippen LogP contribution is -2.25. The van der Waals surface area contributed by atoms with Crippen LogP contribution in [-0.2, 0) is 29.5 Å². The first-order chi connectivity index (χ1) is 14.3. The highest BCUT2D eigenvalue weighted by atomic mass is 32.2. The van der Waals surface area contributed by atoms with Gasteiger partial charge in [0.05, 0.1) is 10.6 Å². The van der Waals surface area contributed by atoms with Gasteiger partial charge in [-0.05, 0) is 56.0 Å². The Balaban J connectivity index is 1.49. The molecule has 0 saturated heterocycles. The molecule has 0 saturated carbocycles. The number of aryl methyl sites for hydroxylation is 2. The van der Waals surface area contributed by atoms with Crippen LogP contribution in [-0.4, -0.2) is 26.6 Å². The fraction of sp³-hybridized carbons (Fsp3) is 0.333. The molecule has 1 atom stereocenters. The van der Waals surface area contributed by atoms with Gasteiger partial charge in [-0.15, -0.1) is 11.3 Å². The summed E-state index contributed by atoms with van der Waals surface area (Å²) in [6, 6.07) is 6.91. The van der Waals surface area contributed by atoms with Crippen LogP contribution in [0.5, 0.6) is 0 Å². The third kappa shape index (κ3) is 3.99. The Morgan fingerprint density at radius 2 is 1.83 bits per heavy atom. The van der Waals surface area contributed by atoms with Crippen molar-refractivity contribution in [2.24, 2.45) is 7.05 Å². The second-order valence-electron chi connectivity index (χ2n) is 7.30. The van der Waals surface area contributed by atoms with Crippen LogP contribution in [0.2, 0.25) is 0 Å². The zero-order valence-corrected chi connectivity index (χ0v) is 18.6. The number of thioether (sulfide) groups is 1. The highest BCUT2D eigenvalue weighted by molar-refractivity contribution is 8.00. The van der Waals surface area contributed by atoms with Gasteiger partial charge in [-0.2, -0.15) is 0 Å². The maximum absolute atomic E-state index is 12.9. The van der Waals surface area contributed by atoms with Gasteiger partial charge in [-0.1, -0.05) is 11.8 Å². The lowest BCUT2D eigenvalue weighted by Gasteiger charge is -2.14. The lowest BCUT2D eigenvalue weighted by molar-refractivity contribution is -0.115. The van der Waals surface area contributed by atoms with E-state index in [1.54, 1.807) is 54.1 Å². The van der Waals surface area contributed by atoms with Crippen molar-refractivity contribution >= 4 is 56.5 Å². The summed E-state index contributed by atoms with van der Waals surface area (Å²) < 4.78 is 1.55. The summed E-state index contributed by atoms with van der Waals surface area (Å²) in [7, 11) is 1.71. The maximum Gasteiger partial charge on any atom is 0.262 e. The number of anilines is 2. The van der Waals surface area contributed by atoms with E-state index in [9.17, 15) is 14.4 Å². The number of carbonyl (C=O) groups is 2. The number of nitrogens with zero attached hydrogens (tertiary/aromatic N) is 2. The molecule has 30 heavy (non-hydrogen) atoms. The molecule has 4 rings (SSSR count). The number of benzene rings is 1. The van der Waals surface area contributed by atoms with Crippen LogP contribution in [0, 0.1) is 0 Å². The average Bonchev–Trinajstić information content (AvgIpc) is 3.27. The molecule has 156 valence electrons. The van der Waals surface area contributed by atoms with E-state index in [1.165, 1.54) is 23.6 Å². The zero-order chi connectivity index (χ0) is 21.4. The van der Waals surface area contributed by atoms with E-state index < -0.39 is 5.25 Å². The second kappa shape index (κ2) is 8.23. The van der Waals surface area contributed by atoms with Crippen molar-refractivity contribution in [3.8, 4) is 0 Å². The number of carbonyl (C=O) groups excluding carboxylic acids is 2. The fourth-order valence-corrected chi connectivity index (χ4v) is 5.68. The fourth-order valence-electron chi connectivity index (χ4n) is 3.51. The SMILES string of the molecule is CC(=O)Nc1ccc(NC(=O)C(C)Sc2nc3sc4c(c3c(=O)n2C)CCC4)cc1. The van der Waals surface area contributed by atoms with E-state index in [0.29, 0.717) is 16.5 Å². The second-order valence-corrected chi connectivity index (χ2v) is 9.70. The third-order valence-corrected chi connectivity index (χ3v) is 7.36. The van der Waals surface area contributed by atoms with E-state index in [1.807, 2.05) is 0 Å². The summed E-state index contributed by atoms with van der Waals surface area (Å²) in [5.74, 6) is -0.335. The summed E-state index contributed by atoms with van der Waals surface area (Å²) >= 11 is 2.87. The Labute approximate surface area is 181 Å². The van der Waals surface area contributed by atoms with Crippen LogP contribution in [0.25, 0.3) is 10.2 Å². The molecule has 2 heterocycles. The molecule has 0 spiro atoms. The number of hydrogen-bond acceptors (Lipinski definition) is 6. The predicted molar refractivity (Wildman–Crippen MR) is 122 cm³/mol. The van der Waals surface area contributed by atoms with Crippen molar-refractivity contribution in [1.29, 1.82) is 0 Å². The first-order valence-electron chi connectivity index (χ1n) is 9.70. The molecule has 1 unspecified atom stereocenters. The number of rotatable bonds is 5. The molecule has 0 bridgehead atoms. The van der Waals surface area contributed by atoms with Crippen LogP contribution in [0.3, 0.4) is 0 Å². The minimum absolute atomic E-state index is 0.0388. The van der Waals surface area contributed by atoms with Gasteiger partial charge in [0.15, 0.2) is 5.16 Å². The molecular formula is C21H22N4O3S2. The van der Waals surface area contributed by atoms with Crippen molar-refractivity contribution in [2.45, 2.75) is 43.5 Å². The molecule has 7 nitrogen and oxygen atoms in total. The Bertz CT molecular complexity index is 1200. The first kappa shape index (κ1) is 20.6. The maximum atomic E-state index is 12.9. The molecule has 2 amide bonds. The minimum Gasteiger partial charge on any atom is -0.326 e. The smallest absolute Gasteiger partial charge is 0.262 e. The van der Waals surface area contributed by atoms with Crippen molar-refractivity contribution in [3.05, 3.63) is 45.1 Å². The summed E-state index contributed by atoms with van der Waals surface area (Å²) in [4.78, 5) is 43.4. The molecule has 1 aromatic carbocycles. The van der Waals surface area contributed by atoms with Gasteiger partial charge >= 0.3 is 0 Å². The largest absolute Gasteiger partial charge is 0.326 e. The summed E-state index contributed by atoms with van der Waals surface area (Å²) in [5, 5.41) is 6.39. The molecular weight excluding hydrogens is 420 g/mol. The Morgan fingerprint density at radius 3 is 2.50 bits per heavy atom. The standard InChI is InChI=1S/C21H22N4O3S2/c1-11(18(27)23-14-9-7-13(8-10-14)22-12(2)26)29-21-24-19-17(20(28)25(21)3)15-5-4-6-16(15)30-19/h7-11H,4-6H2,1-3H3,(H,22,26)(H,23,27). The normalized spacial score (nSPS) is 13.8. The van der Waals surface area contributed by atoms with Crippen molar-refractivity contribution < 1.29 is 9.59 Å². The Kier molecular flexibility index (Phi) is 5.66. The number of fused-ring (bicyclic) bond motifs is 3. The topological polar surface area (TPSA) is 93.1 Å². The molecule has 9 heteroatoms. The van der Waals surface area contributed by atoms with Crippen molar-refractivity contribution in [2.75, 3.05) is 10.6 Å². The number of nitrogens with one attached hydrogen (secondary N) is 2. The summed E-state index contributed by atoms with van der Waals surface area (Å²) in [6.07, 6.45) is 3.06. The number of thiophene rings is 1. The highest BCUT2D eigenvalue weighted by Crippen LogP contribution is 2.35. The monoisotopic (exact) mass is 442 g/mol. The number of amides is 2. The molecule has 3 aromatic rings. The van der Waals surface area contributed by atoms with E-state index in [0.717, 1.165) is 35.0 Å². The lowest BCUT2D eigenvalue weighted by atomic mass is 10.2. The van der Waals surface area contributed by atoms with Gasteiger partial charge in [0.2, 0.25) is 11.8 Å². The first-order valence-corrected chi connectivity index (χ1v) is 11.4. The Hall–Kier alpha value is -2.65. The molecule has 0 radical (unpaired) electrons. The quantitative estimate of drug-likeness (QED) is 0.466. The molecule has 1 aliphatic carbocycles. The van der Waals surface area contributed by atoms with Gasteiger partial charge in [-0.25, -0.2) is 4.98 Å². The van der Waals surface area contributed by atoms with Crippen molar-refractivity contribution in [1.82, 2.24) is 9.55 Å². The van der Waals surface area contributed by atoms with Gasteiger partial charge < -0.3 is 10.6 Å². The minimum atomic E-state index is -0.442. The van der Waals surface area contributed by atoms with Gasteiger partial charge in [0.1, 0.15) is 4.83 Å². The zero-order valence-electron chi connectivity index (χ0n) is 16.9. The van der Waals surface area contributed by atoms with Crippen LogP contribution in [0.15, 0.2) is 34.2 Å². The van der Waals surface area contributed by atoms with E-state index >= 15 is 0 Å². The van der Waals surface area contributed by atoms with Gasteiger partial charge in [0.25, 0.3) is 5.56 Å². The number of hydrogen-bond donors (Lipinski definition) is 2. The molecule has 2 N–H and O–H groups in total. The van der Waals surface area contributed by atoms with Crippen LogP contribution in [0.1, 0.15) is 30.7 Å². The van der Waals surface area contributed by atoms with Crippen LogP contribution < -0.4 is 16.2 Å². The summed E-state index contributed by atoms with van der Waals surface area (Å²) in [6.45, 7) is 3.23. The van der Waals surface area contributed by atoms with Crippen LogP contribution in [0.4, 0.5) is 11.4 Å². The van der Waals surface area contributed by atoms with E-state index in [-0.39, 0.29) is 17.4 Å². The molecule has 0 fully saturated rings. The van der Waals surface area contributed by atoms with E-state index in [2.05, 4.69) is 10.6 Å².